The van der Waals surface area contributed by atoms with E-state index in [0.717, 1.165) is 0 Å². The fourth-order valence-electron chi connectivity index (χ4n) is 2.12. The lowest BCUT2D eigenvalue weighted by Crippen LogP contribution is -2.48. The van der Waals surface area contributed by atoms with Gasteiger partial charge in [0.05, 0.1) is 19.3 Å². The maximum atomic E-state index is 12.1. The normalized spacial score (nSPS) is 23.3. The molecule has 0 unspecified atom stereocenters. The Kier molecular flexibility index (Phi) is 5.17. The van der Waals surface area contributed by atoms with Crippen LogP contribution in [0.5, 0.6) is 0 Å². The van der Waals surface area contributed by atoms with Crippen LogP contribution in [-0.2, 0) is 14.3 Å². The van der Waals surface area contributed by atoms with Crippen molar-refractivity contribution in [2.24, 2.45) is 0 Å². The molecule has 6 nitrogen and oxygen atoms in total. The topological polar surface area (TPSA) is 76.1 Å². The van der Waals surface area contributed by atoms with Gasteiger partial charge in [-0.05, 0) is 40.5 Å². The lowest BCUT2D eigenvalue weighted by atomic mass is 10.2. The minimum Gasteiger partial charge on any atom is -0.464 e. The molecule has 0 aromatic heterocycles. The second-order valence-corrected chi connectivity index (χ2v) is 5.57. The number of nitrogens with zero attached hydrogens (tertiary/aromatic N) is 1. The van der Waals surface area contributed by atoms with E-state index in [1.54, 1.807) is 27.7 Å². The van der Waals surface area contributed by atoms with Crippen molar-refractivity contribution in [3.8, 4) is 0 Å². The first-order valence-corrected chi connectivity index (χ1v) is 6.59. The molecule has 0 saturated carbocycles. The third-order valence-corrected chi connectivity index (χ3v) is 2.88. The molecule has 1 heterocycles. The lowest BCUT2D eigenvalue weighted by molar-refractivity contribution is -0.148. The summed E-state index contributed by atoms with van der Waals surface area (Å²) in [5, 5.41) is 9.31. The average Bonchev–Trinajstić information content (AvgIpc) is 2.70. The third kappa shape index (κ3) is 4.09. The van der Waals surface area contributed by atoms with E-state index in [1.807, 2.05) is 0 Å². The van der Waals surface area contributed by atoms with E-state index in [2.05, 4.69) is 0 Å². The van der Waals surface area contributed by atoms with Gasteiger partial charge in [0.1, 0.15) is 11.6 Å². The minimum absolute atomic E-state index is 0.185. The zero-order valence-corrected chi connectivity index (χ0v) is 12.0. The fourth-order valence-corrected chi connectivity index (χ4v) is 2.12. The predicted molar refractivity (Wildman–Crippen MR) is 68.6 cm³/mol. The van der Waals surface area contributed by atoms with E-state index < -0.39 is 23.7 Å². The van der Waals surface area contributed by atoms with E-state index in [-0.39, 0.29) is 19.3 Å². The maximum absolute atomic E-state index is 12.1. The number of rotatable bonds is 3. The predicted octanol–water partition coefficient (Wildman–Crippen LogP) is 1.31. The van der Waals surface area contributed by atoms with Gasteiger partial charge in [0.25, 0.3) is 0 Å². The largest absolute Gasteiger partial charge is 0.464 e. The molecule has 0 bridgehead atoms. The molecule has 0 aromatic carbocycles. The summed E-state index contributed by atoms with van der Waals surface area (Å²) in [6, 6.07) is -1.05. The highest BCUT2D eigenvalue weighted by Gasteiger charge is 2.43. The Morgan fingerprint density at radius 1 is 1.32 bits per heavy atom. The summed E-state index contributed by atoms with van der Waals surface area (Å²) in [4.78, 5) is 25.3. The van der Waals surface area contributed by atoms with Crippen LogP contribution in [0.25, 0.3) is 0 Å². The molecule has 0 aliphatic carbocycles. The van der Waals surface area contributed by atoms with E-state index in [0.29, 0.717) is 12.8 Å². The molecule has 1 rings (SSSR count). The van der Waals surface area contributed by atoms with Crippen molar-refractivity contribution in [3.63, 3.8) is 0 Å². The second-order valence-electron chi connectivity index (χ2n) is 5.57. The SMILES string of the molecule is CCOC(=O)[C@H]1CC[C@@H](CO)N1C(=O)OC(C)(C)C. The van der Waals surface area contributed by atoms with Gasteiger partial charge >= 0.3 is 12.1 Å². The average molecular weight is 273 g/mol. The molecule has 1 aliphatic heterocycles. The summed E-state index contributed by atoms with van der Waals surface area (Å²) >= 11 is 0. The molecule has 1 fully saturated rings. The number of amides is 1. The number of aliphatic hydroxyl groups excluding tert-OH is 1. The van der Waals surface area contributed by atoms with Crippen molar-refractivity contribution < 1.29 is 24.2 Å². The fraction of sp³-hybridized carbons (Fsp3) is 0.846. The summed E-state index contributed by atoms with van der Waals surface area (Å²) in [6.45, 7) is 7.07. The molecule has 0 spiro atoms. The monoisotopic (exact) mass is 273 g/mol. The Balaban J connectivity index is 2.82. The van der Waals surface area contributed by atoms with Crippen LogP contribution in [0, 0.1) is 0 Å². The van der Waals surface area contributed by atoms with E-state index in [1.165, 1.54) is 4.90 Å². The van der Waals surface area contributed by atoms with Crippen molar-refractivity contribution in [2.45, 2.75) is 58.2 Å². The van der Waals surface area contributed by atoms with Crippen LogP contribution in [0.2, 0.25) is 0 Å². The molecular formula is C13H23NO5. The molecule has 19 heavy (non-hydrogen) atoms. The molecule has 1 amide bonds. The summed E-state index contributed by atoms with van der Waals surface area (Å²) < 4.78 is 10.2. The van der Waals surface area contributed by atoms with Crippen molar-refractivity contribution >= 4 is 12.1 Å². The van der Waals surface area contributed by atoms with Crippen LogP contribution in [-0.4, -0.2) is 53.0 Å². The van der Waals surface area contributed by atoms with Crippen LogP contribution < -0.4 is 0 Å². The number of ether oxygens (including phenoxy) is 2. The van der Waals surface area contributed by atoms with Gasteiger partial charge in [0, 0.05) is 0 Å². The van der Waals surface area contributed by atoms with Crippen molar-refractivity contribution in [1.29, 1.82) is 0 Å². The zero-order valence-electron chi connectivity index (χ0n) is 12.0. The number of hydrogen-bond donors (Lipinski definition) is 1. The number of carbonyl (C=O) groups is 2. The Hall–Kier alpha value is -1.30. The van der Waals surface area contributed by atoms with Crippen LogP contribution >= 0.6 is 0 Å². The van der Waals surface area contributed by atoms with Gasteiger partial charge in [-0.1, -0.05) is 0 Å². The molecule has 0 aromatic rings. The van der Waals surface area contributed by atoms with Crippen molar-refractivity contribution in [1.82, 2.24) is 4.90 Å². The quantitative estimate of drug-likeness (QED) is 0.785. The van der Waals surface area contributed by atoms with E-state index in [9.17, 15) is 14.7 Å². The lowest BCUT2D eigenvalue weighted by Gasteiger charge is -2.30. The van der Waals surface area contributed by atoms with Crippen molar-refractivity contribution in [2.75, 3.05) is 13.2 Å². The molecule has 1 aliphatic rings. The number of esters is 1. The Bertz CT molecular complexity index is 336. The smallest absolute Gasteiger partial charge is 0.411 e. The summed E-state index contributed by atoms with van der Waals surface area (Å²) in [5.74, 6) is -0.440. The van der Waals surface area contributed by atoms with Gasteiger partial charge in [-0.25, -0.2) is 9.59 Å². The minimum atomic E-state index is -0.660. The summed E-state index contributed by atoms with van der Waals surface area (Å²) in [7, 11) is 0. The first-order chi connectivity index (χ1) is 8.80. The molecular weight excluding hydrogens is 250 g/mol. The number of hydrogen-bond acceptors (Lipinski definition) is 5. The Labute approximate surface area is 113 Å². The van der Waals surface area contributed by atoms with Crippen molar-refractivity contribution in [3.05, 3.63) is 0 Å². The highest BCUT2D eigenvalue weighted by molar-refractivity contribution is 5.82. The Morgan fingerprint density at radius 3 is 2.42 bits per heavy atom. The standard InChI is InChI=1S/C13H23NO5/c1-5-18-11(16)10-7-6-9(8-15)14(10)12(17)19-13(2,3)4/h9-10,15H,5-8H2,1-4H3/t9-,10+/m0/s1. The number of likely N-dealkylation sites (tertiary alicyclic amines) is 1. The highest BCUT2D eigenvalue weighted by Crippen LogP contribution is 2.27. The molecule has 1 saturated heterocycles. The van der Waals surface area contributed by atoms with Gasteiger partial charge in [0.15, 0.2) is 0 Å². The molecule has 110 valence electrons. The van der Waals surface area contributed by atoms with Crippen LogP contribution in [0.15, 0.2) is 0 Å². The van der Waals surface area contributed by atoms with Gasteiger partial charge in [0.2, 0.25) is 0 Å². The van der Waals surface area contributed by atoms with Gasteiger partial charge in [-0.3, -0.25) is 4.90 Å². The molecule has 0 radical (unpaired) electrons. The zero-order chi connectivity index (χ0) is 14.6. The van der Waals surface area contributed by atoms with Gasteiger partial charge in [-0.2, -0.15) is 0 Å². The first kappa shape index (κ1) is 15.8. The second kappa shape index (κ2) is 6.23. The summed E-state index contributed by atoms with van der Waals surface area (Å²) in [5.41, 5.74) is -0.640. The highest BCUT2D eigenvalue weighted by atomic mass is 16.6. The number of carbonyl (C=O) groups excluding carboxylic acids is 2. The number of aliphatic hydroxyl groups is 1. The van der Waals surface area contributed by atoms with E-state index in [4.69, 9.17) is 9.47 Å². The van der Waals surface area contributed by atoms with Crippen LogP contribution in [0.4, 0.5) is 4.79 Å². The Morgan fingerprint density at radius 2 is 1.95 bits per heavy atom. The molecule has 2 atom stereocenters. The third-order valence-electron chi connectivity index (χ3n) is 2.88. The van der Waals surface area contributed by atoms with Crippen LogP contribution in [0.3, 0.4) is 0 Å². The van der Waals surface area contributed by atoms with E-state index >= 15 is 0 Å². The maximum Gasteiger partial charge on any atom is 0.411 e. The van der Waals surface area contributed by atoms with Crippen LogP contribution in [0.1, 0.15) is 40.5 Å². The first-order valence-electron chi connectivity index (χ1n) is 6.59. The van der Waals surface area contributed by atoms with Gasteiger partial charge < -0.3 is 14.6 Å². The molecule has 1 N–H and O–H groups in total. The molecule has 6 heteroatoms. The van der Waals surface area contributed by atoms with Gasteiger partial charge in [-0.15, -0.1) is 0 Å². The summed E-state index contributed by atoms with van der Waals surface area (Å²) in [6.07, 6.45) is 0.477.